The van der Waals surface area contributed by atoms with Crippen molar-refractivity contribution in [2.45, 2.75) is 32.3 Å². The maximum Gasteiger partial charge on any atom is 0.221 e. The van der Waals surface area contributed by atoms with Crippen molar-refractivity contribution in [3.63, 3.8) is 0 Å². The minimum Gasteiger partial charge on any atom is -0.475 e. The lowest BCUT2D eigenvalue weighted by molar-refractivity contribution is -0.0120. The molecule has 1 aliphatic rings. The van der Waals surface area contributed by atoms with Gasteiger partial charge in [-0.3, -0.25) is 0 Å². The lowest BCUT2D eigenvalue weighted by Crippen LogP contribution is -2.26. The number of nitrogens with zero attached hydrogens (tertiary/aromatic N) is 2. The molecule has 2 heterocycles. The van der Waals surface area contributed by atoms with E-state index in [9.17, 15) is 0 Å². The van der Waals surface area contributed by atoms with Gasteiger partial charge in [0, 0.05) is 6.61 Å². The average molecular weight is 223 g/mol. The molecule has 1 aromatic heterocycles. The minimum atomic E-state index is 0.185. The van der Waals surface area contributed by atoms with Crippen LogP contribution in [0.15, 0.2) is 6.33 Å². The number of rotatable bonds is 3. The monoisotopic (exact) mass is 223 g/mol. The molecule has 16 heavy (non-hydrogen) atoms. The van der Waals surface area contributed by atoms with Gasteiger partial charge in [0.1, 0.15) is 18.8 Å². The first-order valence-electron chi connectivity index (χ1n) is 5.59. The Hall–Kier alpha value is -1.36. The van der Waals surface area contributed by atoms with Crippen molar-refractivity contribution in [2.24, 2.45) is 0 Å². The summed E-state index contributed by atoms with van der Waals surface area (Å²) in [5.41, 5.74) is 6.46. The van der Waals surface area contributed by atoms with Crippen molar-refractivity contribution in [1.29, 1.82) is 0 Å². The molecule has 1 aromatic rings. The third-order valence-electron chi connectivity index (χ3n) is 2.76. The Bertz CT molecular complexity index is 351. The summed E-state index contributed by atoms with van der Waals surface area (Å²) in [5, 5.41) is 0. The normalized spacial score (nSPS) is 20.7. The predicted molar refractivity (Wildman–Crippen MR) is 60.3 cm³/mol. The Kier molecular flexibility index (Phi) is 3.56. The van der Waals surface area contributed by atoms with Gasteiger partial charge in [-0.2, -0.15) is 0 Å². The first-order valence-corrected chi connectivity index (χ1v) is 5.59. The van der Waals surface area contributed by atoms with E-state index in [1.807, 2.05) is 6.92 Å². The van der Waals surface area contributed by atoms with Gasteiger partial charge < -0.3 is 15.2 Å². The highest BCUT2D eigenvalue weighted by Gasteiger charge is 2.15. The quantitative estimate of drug-likeness (QED) is 0.836. The molecule has 5 nitrogen and oxygen atoms in total. The highest BCUT2D eigenvalue weighted by atomic mass is 16.5. The number of hydrogen-bond acceptors (Lipinski definition) is 5. The van der Waals surface area contributed by atoms with Crippen molar-refractivity contribution in [1.82, 2.24) is 9.97 Å². The van der Waals surface area contributed by atoms with E-state index in [1.165, 1.54) is 12.7 Å². The van der Waals surface area contributed by atoms with Gasteiger partial charge in [-0.25, -0.2) is 9.97 Å². The Morgan fingerprint density at radius 3 is 3.12 bits per heavy atom. The molecule has 0 saturated carbocycles. The van der Waals surface area contributed by atoms with Gasteiger partial charge in [-0.15, -0.1) is 0 Å². The zero-order valence-electron chi connectivity index (χ0n) is 9.48. The second-order valence-corrected chi connectivity index (χ2v) is 3.99. The zero-order chi connectivity index (χ0) is 11.4. The van der Waals surface area contributed by atoms with Gasteiger partial charge >= 0.3 is 0 Å². The number of anilines is 1. The standard InChI is InChI=1S/C11H17N3O2/c1-8-10(12)13-7-14-11(8)16-6-9-4-2-3-5-15-9/h7,9H,2-6H2,1H3,(H2,12,13,14). The van der Waals surface area contributed by atoms with Gasteiger partial charge in [0.15, 0.2) is 0 Å². The summed E-state index contributed by atoms with van der Waals surface area (Å²) in [7, 11) is 0. The number of nitrogens with two attached hydrogens (primary N) is 1. The van der Waals surface area contributed by atoms with Gasteiger partial charge in [0.25, 0.3) is 0 Å². The predicted octanol–water partition coefficient (Wildman–Crippen LogP) is 1.32. The van der Waals surface area contributed by atoms with E-state index in [2.05, 4.69) is 9.97 Å². The van der Waals surface area contributed by atoms with Gasteiger partial charge in [0.05, 0.1) is 11.7 Å². The van der Waals surface area contributed by atoms with E-state index in [1.54, 1.807) is 0 Å². The summed E-state index contributed by atoms with van der Waals surface area (Å²) in [6, 6.07) is 0. The van der Waals surface area contributed by atoms with Crippen molar-refractivity contribution in [3.05, 3.63) is 11.9 Å². The highest BCUT2D eigenvalue weighted by Crippen LogP contribution is 2.19. The second-order valence-electron chi connectivity index (χ2n) is 3.99. The van der Waals surface area contributed by atoms with Crippen LogP contribution in [0.25, 0.3) is 0 Å². The van der Waals surface area contributed by atoms with E-state index < -0.39 is 0 Å². The molecule has 0 aromatic carbocycles. The number of hydrogen-bond donors (Lipinski definition) is 1. The molecule has 1 fully saturated rings. The number of ether oxygens (including phenoxy) is 2. The fourth-order valence-corrected chi connectivity index (χ4v) is 1.70. The van der Waals surface area contributed by atoms with Crippen LogP contribution in [-0.4, -0.2) is 29.3 Å². The maximum absolute atomic E-state index is 5.67. The van der Waals surface area contributed by atoms with Gasteiger partial charge in [-0.1, -0.05) is 0 Å². The molecule has 1 aliphatic heterocycles. The minimum absolute atomic E-state index is 0.185. The Morgan fingerprint density at radius 2 is 2.38 bits per heavy atom. The van der Waals surface area contributed by atoms with Crippen molar-refractivity contribution < 1.29 is 9.47 Å². The molecule has 0 radical (unpaired) electrons. The molecule has 1 saturated heterocycles. The van der Waals surface area contributed by atoms with Crippen LogP contribution in [0.2, 0.25) is 0 Å². The fraction of sp³-hybridized carbons (Fsp3) is 0.636. The van der Waals surface area contributed by atoms with Crippen molar-refractivity contribution in [3.8, 4) is 5.88 Å². The van der Waals surface area contributed by atoms with Crippen LogP contribution in [0.3, 0.4) is 0 Å². The number of aromatic nitrogens is 2. The summed E-state index contributed by atoms with van der Waals surface area (Å²) in [6.07, 6.45) is 5.01. The number of nitrogen functional groups attached to an aromatic ring is 1. The van der Waals surface area contributed by atoms with Crippen molar-refractivity contribution in [2.75, 3.05) is 18.9 Å². The topological polar surface area (TPSA) is 70.3 Å². The lowest BCUT2D eigenvalue weighted by Gasteiger charge is -2.22. The van der Waals surface area contributed by atoms with Crippen LogP contribution in [-0.2, 0) is 4.74 Å². The molecule has 1 unspecified atom stereocenters. The molecule has 0 amide bonds. The molecule has 0 spiro atoms. The second kappa shape index (κ2) is 5.12. The smallest absolute Gasteiger partial charge is 0.221 e. The Balaban J connectivity index is 1.91. The molecule has 0 bridgehead atoms. The summed E-state index contributed by atoms with van der Waals surface area (Å²) in [4.78, 5) is 7.94. The molecular formula is C11H17N3O2. The maximum atomic E-state index is 5.67. The van der Waals surface area contributed by atoms with E-state index in [-0.39, 0.29) is 6.10 Å². The molecule has 1 atom stereocenters. The highest BCUT2D eigenvalue weighted by molar-refractivity contribution is 5.43. The first kappa shape index (κ1) is 11.1. The van der Waals surface area contributed by atoms with Crippen LogP contribution in [0.1, 0.15) is 24.8 Å². The van der Waals surface area contributed by atoms with Gasteiger partial charge in [-0.05, 0) is 26.2 Å². The van der Waals surface area contributed by atoms with Crippen molar-refractivity contribution >= 4 is 5.82 Å². The molecule has 0 aliphatic carbocycles. The van der Waals surface area contributed by atoms with Crippen LogP contribution in [0.5, 0.6) is 5.88 Å². The van der Waals surface area contributed by atoms with Crippen LogP contribution >= 0.6 is 0 Å². The molecule has 5 heteroatoms. The van der Waals surface area contributed by atoms with E-state index in [4.69, 9.17) is 15.2 Å². The van der Waals surface area contributed by atoms with Gasteiger partial charge in [0.2, 0.25) is 5.88 Å². The van der Waals surface area contributed by atoms with Crippen LogP contribution in [0.4, 0.5) is 5.82 Å². The Morgan fingerprint density at radius 1 is 1.50 bits per heavy atom. The van der Waals surface area contributed by atoms with Crippen LogP contribution < -0.4 is 10.5 Å². The largest absolute Gasteiger partial charge is 0.475 e. The third kappa shape index (κ3) is 2.61. The first-order chi connectivity index (χ1) is 7.77. The zero-order valence-corrected chi connectivity index (χ0v) is 9.48. The molecule has 2 rings (SSSR count). The summed E-state index contributed by atoms with van der Waals surface area (Å²) < 4.78 is 11.2. The average Bonchev–Trinajstić information content (AvgIpc) is 2.32. The summed E-state index contributed by atoms with van der Waals surface area (Å²) in [6.45, 7) is 3.22. The van der Waals surface area contributed by atoms with Crippen LogP contribution in [0, 0.1) is 6.92 Å². The van der Waals surface area contributed by atoms with E-state index >= 15 is 0 Å². The SMILES string of the molecule is Cc1c(N)ncnc1OCC1CCCCO1. The fourth-order valence-electron chi connectivity index (χ4n) is 1.70. The summed E-state index contributed by atoms with van der Waals surface area (Å²) >= 11 is 0. The lowest BCUT2D eigenvalue weighted by atomic mass is 10.1. The van der Waals surface area contributed by atoms with E-state index in [0.29, 0.717) is 18.3 Å². The Labute approximate surface area is 95.0 Å². The molecule has 88 valence electrons. The molecular weight excluding hydrogens is 206 g/mol. The molecule has 2 N–H and O–H groups in total. The summed E-state index contributed by atoms with van der Waals surface area (Å²) in [5.74, 6) is 1.02. The third-order valence-corrected chi connectivity index (χ3v) is 2.76. The van der Waals surface area contributed by atoms with E-state index in [0.717, 1.165) is 25.0 Å².